The maximum atomic E-state index is 12.3. The number of alkyl halides is 3. The Balaban J connectivity index is 1.80. The summed E-state index contributed by atoms with van der Waals surface area (Å²) < 4.78 is 42.4. The zero-order valence-corrected chi connectivity index (χ0v) is 8.33. The number of amides is 1. The maximum absolute atomic E-state index is 12.3. The summed E-state index contributed by atoms with van der Waals surface area (Å²) in [5.41, 5.74) is -0.633. The summed E-state index contributed by atoms with van der Waals surface area (Å²) in [6, 6.07) is 0. The van der Waals surface area contributed by atoms with Crippen LogP contribution in [0.1, 0.15) is 6.42 Å². The van der Waals surface area contributed by atoms with E-state index in [4.69, 9.17) is 4.74 Å². The number of halogens is 3. The van der Waals surface area contributed by atoms with Gasteiger partial charge in [0.1, 0.15) is 5.60 Å². The van der Waals surface area contributed by atoms with E-state index in [0.29, 0.717) is 0 Å². The van der Waals surface area contributed by atoms with Gasteiger partial charge in [0.25, 0.3) is 0 Å². The minimum absolute atomic E-state index is 0.0220. The van der Waals surface area contributed by atoms with E-state index in [1.165, 1.54) is 0 Å². The predicted octanol–water partition coefficient (Wildman–Crippen LogP) is 1.10. The summed E-state index contributed by atoms with van der Waals surface area (Å²) in [4.78, 5) is 11.9. The minimum Gasteiger partial charge on any atom is -0.361 e. The van der Waals surface area contributed by atoms with Crippen LogP contribution in [0, 0.1) is 5.92 Å². The molecule has 3 rings (SSSR count). The van der Waals surface area contributed by atoms with Crippen LogP contribution in [0.3, 0.4) is 0 Å². The highest BCUT2D eigenvalue weighted by molar-refractivity contribution is 5.82. The molecule has 88 valence electrons. The second-order valence-corrected chi connectivity index (χ2v) is 4.59. The number of hydrogen-bond acceptors (Lipinski definition) is 2. The number of fused-ring (bicyclic) bond motifs is 1. The fraction of sp³-hybridized carbons (Fsp3) is 0.700. The SMILES string of the molecule is O=C(N1CC2CC3C=CC2(C1)O3)C(F)(F)F. The van der Waals surface area contributed by atoms with Gasteiger partial charge in [-0.15, -0.1) is 0 Å². The van der Waals surface area contributed by atoms with Crippen molar-refractivity contribution in [2.45, 2.75) is 24.3 Å². The van der Waals surface area contributed by atoms with Crippen LogP contribution in [0.4, 0.5) is 13.2 Å². The summed E-state index contributed by atoms with van der Waals surface area (Å²) in [6.07, 6.45) is -0.337. The van der Waals surface area contributed by atoms with Crippen molar-refractivity contribution < 1.29 is 22.7 Å². The van der Waals surface area contributed by atoms with Gasteiger partial charge in [0.2, 0.25) is 0 Å². The van der Waals surface area contributed by atoms with Crippen LogP contribution in [0.2, 0.25) is 0 Å². The molecule has 16 heavy (non-hydrogen) atoms. The molecular weight excluding hydrogens is 223 g/mol. The highest BCUT2D eigenvalue weighted by Gasteiger charge is 2.58. The molecule has 0 saturated carbocycles. The maximum Gasteiger partial charge on any atom is 0.471 e. The third kappa shape index (κ3) is 1.22. The van der Waals surface area contributed by atoms with Gasteiger partial charge in [-0.05, 0) is 6.42 Å². The van der Waals surface area contributed by atoms with Gasteiger partial charge in [0.15, 0.2) is 0 Å². The molecule has 3 atom stereocenters. The largest absolute Gasteiger partial charge is 0.471 e. The summed E-state index contributed by atoms with van der Waals surface area (Å²) in [5, 5.41) is 0. The number of carbonyl (C=O) groups excluding carboxylic acids is 1. The van der Waals surface area contributed by atoms with E-state index in [0.717, 1.165) is 11.3 Å². The van der Waals surface area contributed by atoms with Crippen LogP contribution in [0.5, 0.6) is 0 Å². The smallest absolute Gasteiger partial charge is 0.361 e. The first-order chi connectivity index (χ1) is 7.41. The molecule has 0 radical (unpaired) electrons. The second-order valence-electron chi connectivity index (χ2n) is 4.59. The van der Waals surface area contributed by atoms with Gasteiger partial charge in [-0.2, -0.15) is 13.2 Å². The Morgan fingerprint density at radius 2 is 2.25 bits per heavy atom. The quantitative estimate of drug-likeness (QED) is 0.586. The first-order valence-corrected chi connectivity index (χ1v) is 5.14. The molecule has 3 heterocycles. The molecule has 3 aliphatic rings. The van der Waals surface area contributed by atoms with Gasteiger partial charge in [-0.1, -0.05) is 12.2 Å². The highest BCUT2D eigenvalue weighted by Crippen LogP contribution is 2.48. The van der Waals surface area contributed by atoms with Crippen molar-refractivity contribution in [1.82, 2.24) is 4.90 Å². The Hall–Kier alpha value is -1.04. The van der Waals surface area contributed by atoms with E-state index in [1.807, 2.05) is 12.2 Å². The Labute approximate surface area is 89.8 Å². The summed E-state index contributed by atoms with van der Waals surface area (Å²) in [5.74, 6) is -1.73. The van der Waals surface area contributed by atoms with Gasteiger partial charge in [-0.3, -0.25) is 4.79 Å². The molecule has 1 amide bonds. The fourth-order valence-corrected chi connectivity index (χ4v) is 2.88. The van der Waals surface area contributed by atoms with Crippen LogP contribution in [-0.2, 0) is 9.53 Å². The lowest BCUT2D eigenvalue weighted by Crippen LogP contribution is -2.42. The number of likely N-dealkylation sites (tertiary alicyclic amines) is 1. The third-order valence-electron chi connectivity index (χ3n) is 3.58. The normalized spacial score (nSPS) is 40.6. The number of carbonyl (C=O) groups is 1. The molecule has 2 fully saturated rings. The van der Waals surface area contributed by atoms with Gasteiger partial charge < -0.3 is 9.64 Å². The molecule has 2 saturated heterocycles. The van der Waals surface area contributed by atoms with E-state index < -0.39 is 17.7 Å². The van der Waals surface area contributed by atoms with E-state index in [2.05, 4.69) is 0 Å². The predicted molar refractivity (Wildman–Crippen MR) is 47.5 cm³/mol. The first kappa shape index (κ1) is 10.1. The molecule has 0 aliphatic carbocycles. The Bertz CT molecular complexity index is 379. The molecule has 0 aromatic heterocycles. The molecule has 0 aromatic carbocycles. The second kappa shape index (κ2) is 2.80. The lowest BCUT2D eigenvalue weighted by Gasteiger charge is -2.22. The van der Waals surface area contributed by atoms with Gasteiger partial charge in [0.05, 0.1) is 12.6 Å². The van der Waals surface area contributed by atoms with Crippen molar-refractivity contribution in [3.05, 3.63) is 12.2 Å². The van der Waals surface area contributed by atoms with Crippen LogP contribution >= 0.6 is 0 Å². The van der Waals surface area contributed by atoms with Crippen LogP contribution < -0.4 is 0 Å². The van der Waals surface area contributed by atoms with E-state index in [-0.39, 0.29) is 25.1 Å². The molecular formula is C10H10F3NO2. The molecule has 6 heteroatoms. The van der Waals surface area contributed by atoms with Crippen molar-refractivity contribution in [2.24, 2.45) is 5.92 Å². The number of hydrogen-bond donors (Lipinski definition) is 0. The molecule has 0 N–H and O–H groups in total. The Kier molecular flexibility index (Phi) is 1.77. The van der Waals surface area contributed by atoms with E-state index >= 15 is 0 Å². The van der Waals surface area contributed by atoms with Crippen LogP contribution in [-0.4, -0.2) is 41.8 Å². The van der Waals surface area contributed by atoms with Crippen LogP contribution in [0.25, 0.3) is 0 Å². The Morgan fingerprint density at radius 3 is 2.81 bits per heavy atom. The van der Waals surface area contributed by atoms with Gasteiger partial charge in [-0.25, -0.2) is 0 Å². The van der Waals surface area contributed by atoms with Crippen molar-refractivity contribution in [3.63, 3.8) is 0 Å². The van der Waals surface area contributed by atoms with Crippen molar-refractivity contribution in [1.29, 1.82) is 0 Å². The van der Waals surface area contributed by atoms with Crippen molar-refractivity contribution >= 4 is 5.91 Å². The topological polar surface area (TPSA) is 29.5 Å². The number of ether oxygens (including phenoxy) is 1. The molecule has 0 aromatic rings. The Morgan fingerprint density at radius 1 is 1.50 bits per heavy atom. The molecule has 3 unspecified atom stereocenters. The molecule has 2 bridgehead atoms. The summed E-state index contributed by atoms with van der Waals surface area (Å²) in [6.45, 7) is 0.183. The standard InChI is InChI=1S/C10H10F3NO2/c11-10(12,13)8(15)14-4-6-3-7-1-2-9(6,5-14)16-7/h1-2,6-7H,3-5H2. The van der Waals surface area contributed by atoms with E-state index in [9.17, 15) is 18.0 Å². The monoisotopic (exact) mass is 233 g/mol. The van der Waals surface area contributed by atoms with Gasteiger partial charge >= 0.3 is 12.1 Å². The molecule has 3 nitrogen and oxygen atoms in total. The van der Waals surface area contributed by atoms with Crippen molar-refractivity contribution in [3.8, 4) is 0 Å². The minimum atomic E-state index is -4.78. The van der Waals surface area contributed by atoms with Crippen molar-refractivity contribution in [2.75, 3.05) is 13.1 Å². The summed E-state index contributed by atoms with van der Waals surface area (Å²) >= 11 is 0. The van der Waals surface area contributed by atoms with Gasteiger partial charge in [0, 0.05) is 12.5 Å². The first-order valence-electron chi connectivity index (χ1n) is 5.14. The zero-order valence-electron chi connectivity index (χ0n) is 8.33. The zero-order chi connectivity index (χ0) is 11.6. The lowest BCUT2D eigenvalue weighted by molar-refractivity contribution is -0.185. The third-order valence-corrected chi connectivity index (χ3v) is 3.58. The summed E-state index contributed by atoms with van der Waals surface area (Å²) in [7, 11) is 0. The van der Waals surface area contributed by atoms with Crippen LogP contribution in [0.15, 0.2) is 12.2 Å². The molecule has 1 spiro atoms. The number of rotatable bonds is 0. The fourth-order valence-electron chi connectivity index (χ4n) is 2.88. The average Bonchev–Trinajstić information content (AvgIpc) is 2.79. The lowest BCUT2D eigenvalue weighted by atomic mass is 9.86. The highest BCUT2D eigenvalue weighted by atomic mass is 19.4. The molecule has 3 aliphatic heterocycles. The average molecular weight is 233 g/mol. The number of nitrogens with zero attached hydrogens (tertiary/aromatic N) is 1. The van der Waals surface area contributed by atoms with E-state index in [1.54, 1.807) is 0 Å².